The second kappa shape index (κ2) is 6.71. The fourth-order valence-corrected chi connectivity index (χ4v) is 2.68. The predicted molar refractivity (Wildman–Crippen MR) is 78.0 cm³/mol. The molecule has 3 nitrogen and oxygen atoms in total. The Kier molecular flexibility index (Phi) is 4.97. The van der Waals surface area contributed by atoms with Crippen LogP contribution >= 0.6 is 0 Å². The van der Waals surface area contributed by atoms with Crippen LogP contribution in [-0.2, 0) is 11.2 Å². The van der Waals surface area contributed by atoms with Crippen molar-refractivity contribution in [3.05, 3.63) is 35.4 Å². The molecule has 1 aliphatic rings. The second-order valence-electron chi connectivity index (χ2n) is 5.63. The lowest BCUT2D eigenvalue weighted by atomic mass is 9.77. The van der Waals surface area contributed by atoms with Crippen LogP contribution in [0.15, 0.2) is 24.3 Å². The van der Waals surface area contributed by atoms with Gasteiger partial charge in [0.25, 0.3) is 0 Å². The first-order valence-electron chi connectivity index (χ1n) is 7.25. The zero-order chi connectivity index (χ0) is 13.7. The molecule has 1 aromatic rings. The molecule has 1 aromatic carbocycles. The van der Waals surface area contributed by atoms with E-state index in [1.54, 1.807) is 0 Å². The van der Waals surface area contributed by atoms with Gasteiger partial charge in [-0.15, -0.1) is 0 Å². The number of nitrogens with two attached hydrogens (primary N) is 1. The molecule has 0 saturated carbocycles. The quantitative estimate of drug-likeness (QED) is 0.789. The Balaban J connectivity index is 1.66. The van der Waals surface area contributed by atoms with Gasteiger partial charge < -0.3 is 11.1 Å². The number of rotatable bonds is 7. The summed E-state index contributed by atoms with van der Waals surface area (Å²) in [7, 11) is 0. The Morgan fingerprint density at radius 3 is 2.95 bits per heavy atom. The molecule has 0 spiro atoms. The molecule has 19 heavy (non-hydrogen) atoms. The van der Waals surface area contributed by atoms with Crippen LogP contribution in [0.2, 0.25) is 0 Å². The van der Waals surface area contributed by atoms with E-state index in [0.29, 0.717) is 24.8 Å². The minimum absolute atomic E-state index is 0.174. The molecule has 0 aromatic heterocycles. The molecule has 2 unspecified atom stereocenters. The Bertz CT molecular complexity index is 431. The summed E-state index contributed by atoms with van der Waals surface area (Å²) in [5, 5.41) is 3.05. The lowest BCUT2D eigenvalue weighted by Gasteiger charge is -2.30. The highest BCUT2D eigenvalue weighted by Gasteiger charge is 2.25. The molecule has 2 atom stereocenters. The van der Waals surface area contributed by atoms with Crippen molar-refractivity contribution in [2.45, 2.75) is 38.5 Å². The summed E-state index contributed by atoms with van der Waals surface area (Å²) in [5.74, 6) is 1.23. The van der Waals surface area contributed by atoms with Crippen LogP contribution < -0.4 is 11.1 Å². The van der Waals surface area contributed by atoms with E-state index in [-0.39, 0.29) is 5.91 Å². The average molecular weight is 260 g/mol. The fourth-order valence-electron chi connectivity index (χ4n) is 2.68. The highest BCUT2D eigenvalue weighted by Crippen LogP contribution is 2.33. The van der Waals surface area contributed by atoms with E-state index in [2.05, 4.69) is 36.5 Å². The number of fused-ring (bicyclic) bond motifs is 1. The lowest BCUT2D eigenvalue weighted by Crippen LogP contribution is -2.33. The first-order chi connectivity index (χ1) is 9.20. The number of carbonyl (C=O) groups is 1. The van der Waals surface area contributed by atoms with E-state index >= 15 is 0 Å². The van der Waals surface area contributed by atoms with Crippen molar-refractivity contribution in [1.29, 1.82) is 0 Å². The van der Waals surface area contributed by atoms with E-state index in [9.17, 15) is 4.79 Å². The van der Waals surface area contributed by atoms with Crippen molar-refractivity contribution in [3.63, 3.8) is 0 Å². The minimum Gasteiger partial charge on any atom is -0.355 e. The summed E-state index contributed by atoms with van der Waals surface area (Å²) < 4.78 is 0. The van der Waals surface area contributed by atoms with Crippen LogP contribution in [0.3, 0.4) is 0 Å². The third-order valence-electron chi connectivity index (χ3n) is 4.03. The van der Waals surface area contributed by atoms with Crippen LogP contribution in [-0.4, -0.2) is 19.0 Å². The number of carbonyl (C=O) groups excluding carboxylic acids is 1. The number of hydrogen-bond acceptors (Lipinski definition) is 2. The summed E-state index contributed by atoms with van der Waals surface area (Å²) in [5.41, 5.74) is 8.34. The zero-order valence-corrected chi connectivity index (χ0v) is 11.7. The van der Waals surface area contributed by atoms with Crippen LogP contribution in [0.25, 0.3) is 0 Å². The lowest BCUT2D eigenvalue weighted by molar-refractivity contribution is -0.121. The van der Waals surface area contributed by atoms with Crippen LogP contribution in [0.5, 0.6) is 0 Å². The molecule has 0 heterocycles. The minimum atomic E-state index is 0.174. The summed E-state index contributed by atoms with van der Waals surface area (Å²) in [6, 6.07) is 8.48. The van der Waals surface area contributed by atoms with E-state index in [0.717, 1.165) is 25.8 Å². The molecule has 1 amide bonds. The van der Waals surface area contributed by atoms with Crippen molar-refractivity contribution in [2.75, 3.05) is 13.1 Å². The number of amides is 1. The average Bonchev–Trinajstić information content (AvgIpc) is 2.38. The summed E-state index contributed by atoms with van der Waals surface area (Å²) in [6.45, 7) is 3.64. The van der Waals surface area contributed by atoms with E-state index < -0.39 is 0 Å². The maximum absolute atomic E-state index is 11.8. The van der Waals surface area contributed by atoms with E-state index in [1.807, 2.05) is 0 Å². The molecule has 0 aliphatic heterocycles. The van der Waals surface area contributed by atoms with Crippen molar-refractivity contribution >= 4 is 5.91 Å². The molecular formula is C16H24N2O. The summed E-state index contributed by atoms with van der Waals surface area (Å²) >= 11 is 0. The van der Waals surface area contributed by atoms with Crippen LogP contribution in [0.1, 0.15) is 43.2 Å². The molecule has 0 bridgehead atoms. The van der Waals surface area contributed by atoms with Gasteiger partial charge in [0.1, 0.15) is 0 Å². The third-order valence-corrected chi connectivity index (χ3v) is 4.03. The maximum atomic E-state index is 11.8. The van der Waals surface area contributed by atoms with E-state index in [1.165, 1.54) is 11.1 Å². The Labute approximate surface area is 115 Å². The van der Waals surface area contributed by atoms with E-state index in [4.69, 9.17) is 5.73 Å². The van der Waals surface area contributed by atoms with Crippen LogP contribution in [0, 0.1) is 5.92 Å². The van der Waals surface area contributed by atoms with Crippen molar-refractivity contribution in [2.24, 2.45) is 11.7 Å². The van der Waals surface area contributed by atoms with Gasteiger partial charge in [-0.1, -0.05) is 31.2 Å². The maximum Gasteiger partial charge on any atom is 0.220 e. The van der Waals surface area contributed by atoms with Crippen LogP contribution in [0.4, 0.5) is 0 Å². The Morgan fingerprint density at radius 1 is 1.42 bits per heavy atom. The SMILES string of the molecule is CC(CCN)CCC(=O)NCC1Cc2ccccc21. The normalized spacial score (nSPS) is 18.3. The van der Waals surface area contributed by atoms with Gasteiger partial charge in [0.15, 0.2) is 0 Å². The van der Waals surface area contributed by atoms with Gasteiger partial charge in [-0.25, -0.2) is 0 Å². The Morgan fingerprint density at radius 2 is 2.21 bits per heavy atom. The smallest absolute Gasteiger partial charge is 0.220 e. The third kappa shape index (κ3) is 3.80. The number of hydrogen-bond donors (Lipinski definition) is 2. The molecule has 0 fully saturated rings. The standard InChI is InChI=1S/C16H24N2O/c1-12(8-9-17)6-7-16(19)18-11-14-10-13-4-2-3-5-15(13)14/h2-5,12,14H,6-11,17H2,1H3,(H,18,19). The zero-order valence-electron chi connectivity index (χ0n) is 11.7. The summed E-state index contributed by atoms with van der Waals surface area (Å²) in [4.78, 5) is 11.8. The predicted octanol–water partition coefficient (Wildman–Crippen LogP) is 2.21. The van der Waals surface area contributed by atoms with Crippen molar-refractivity contribution in [3.8, 4) is 0 Å². The summed E-state index contributed by atoms with van der Waals surface area (Å²) in [6.07, 6.45) is 3.66. The highest BCUT2D eigenvalue weighted by atomic mass is 16.1. The highest BCUT2D eigenvalue weighted by molar-refractivity contribution is 5.76. The molecular weight excluding hydrogens is 236 g/mol. The molecule has 0 saturated heterocycles. The van der Waals surface area contributed by atoms with Crippen molar-refractivity contribution < 1.29 is 4.79 Å². The fraction of sp³-hybridized carbons (Fsp3) is 0.562. The molecule has 104 valence electrons. The largest absolute Gasteiger partial charge is 0.355 e. The second-order valence-corrected chi connectivity index (χ2v) is 5.63. The van der Waals surface area contributed by atoms with Crippen molar-refractivity contribution in [1.82, 2.24) is 5.32 Å². The number of nitrogens with one attached hydrogen (secondary N) is 1. The van der Waals surface area contributed by atoms with Gasteiger partial charge >= 0.3 is 0 Å². The van der Waals surface area contributed by atoms with Gasteiger partial charge in [-0.05, 0) is 42.9 Å². The molecule has 2 rings (SSSR count). The first kappa shape index (κ1) is 14.1. The van der Waals surface area contributed by atoms with Gasteiger partial charge in [-0.3, -0.25) is 4.79 Å². The monoisotopic (exact) mass is 260 g/mol. The molecule has 3 heteroatoms. The molecule has 3 N–H and O–H groups in total. The molecule has 0 radical (unpaired) electrons. The topological polar surface area (TPSA) is 55.1 Å². The van der Waals surface area contributed by atoms with Gasteiger partial charge in [0, 0.05) is 18.9 Å². The molecule has 1 aliphatic carbocycles. The van der Waals surface area contributed by atoms with Gasteiger partial charge in [0.05, 0.1) is 0 Å². The Hall–Kier alpha value is -1.35. The first-order valence-corrected chi connectivity index (χ1v) is 7.25. The van der Waals surface area contributed by atoms with Gasteiger partial charge in [0.2, 0.25) is 5.91 Å². The van der Waals surface area contributed by atoms with Gasteiger partial charge in [-0.2, -0.15) is 0 Å². The number of benzene rings is 1.